The van der Waals surface area contributed by atoms with Gasteiger partial charge in [-0.25, -0.2) is 0 Å². The minimum Gasteiger partial charge on any atom is -0.488 e. The van der Waals surface area contributed by atoms with Crippen LogP contribution in [0.2, 0.25) is 5.02 Å². The molecule has 1 aromatic carbocycles. The molecule has 0 aliphatic carbocycles. The smallest absolute Gasteiger partial charge is 0.177 e. The van der Waals surface area contributed by atoms with E-state index in [4.69, 9.17) is 16.3 Å². The van der Waals surface area contributed by atoms with Crippen LogP contribution in [0, 0.1) is 0 Å². The predicted octanol–water partition coefficient (Wildman–Crippen LogP) is 1.23. The normalized spacial score (nSPS) is 14.1. The highest BCUT2D eigenvalue weighted by Gasteiger charge is 2.19. The number of hydrogen-bond donors (Lipinski definition) is 1. The largest absolute Gasteiger partial charge is 0.488 e. The molecule has 0 bridgehead atoms. The fourth-order valence-electron chi connectivity index (χ4n) is 1.59. The van der Waals surface area contributed by atoms with Crippen molar-refractivity contribution in [3.8, 4) is 5.75 Å². The molecule has 1 heterocycles. The second-order valence-electron chi connectivity index (χ2n) is 4.25. The van der Waals surface area contributed by atoms with Gasteiger partial charge in [0.15, 0.2) is 5.82 Å². The van der Waals surface area contributed by atoms with Crippen molar-refractivity contribution in [2.24, 2.45) is 7.05 Å². The summed E-state index contributed by atoms with van der Waals surface area (Å²) >= 11 is 5.87. The number of benzene rings is 1. The molecule has 0 saturated heterocycles. The Morgan fingerprint density at radius 2 is 2.26 bits per heavy atom. The first-order valence-corrected chi connectivity index (χ1v) is 6.25. The molecular formula is C12H15ClN4O2. The second-order valence-corrected chi connectivity index (χ2v) is 4.68. The van der Waals surface area contributed by atoms with E-state index in [0.29, 0.717) is 16.6 Å². The summed E-state index contributed by atoms with van der Waals surface area (Å²) in [7, 11) is 1.68. The Labute approximate surface area is 116 Å². The van der Waals surface area contributed by atoms with Crippen LogP contribution in [0.25, 0.3) is 0 Å². The topological polar surface area (TPSA) is 73.1 Å². The molecular weight excluding hydrogens is 268 g/mol. The van der Waals surface area contributed by atoms with Gasteiger partial charge in [0, 0.05) is 11.4 Å². The molecule has 7 heteroatoms. The molecule has 6 nitrogen and oxygen atoms in total. The summed E-state index contributed by atoms with van der Waals surface area (Å²) in [6.45, 7) is 1.78. The van der Waals surface area contributed by atoms with Crippen molar-refractivity contribution >= 4 is 11.6 Å². The van der Waals surface area contributed by atoms with E-state index >= 15 is 0 Å². The third-order valence-electron chi connectivity index (χ3n) is 2.60. The minimum atomic E-state index is -0.719. The molecule has 102 valence electrons. The highest BCUT2D eigenvalue weighted by atomic mass is 35.5. The van der Waals surface area contributed by atoms with E-state index in [1.54, 1.807) is 38.2 Å². The van der Waals surface area contributed by atoms with Crippen LogP contribution in [0.4, 0.5) is 0 Å². The average Bonchev–Trinajstić information content (AvgIpc) is 2.74. The van der Waals surface area contributed by atoms with Gasteiger partial charge in [0.1, 0.15) is 11.9 Å². The van der Waals surface area contributed by atoms with E-state index in [-0.39, 0.29) is 6.42 Å². The molecule has 19 heavy (non-hydrogen) atoms. The van der Waals surface area contributed by atoms with E-state index in [9.17, 15) is 5.11 Å². The van der Waals surface area contributed by atoms with Crippen LogP contribution in [0.3, 0.4) is 0 Å². The molecule has 2 atom stereocenters. The third kappa shape index (κ3) is 3.90. The summed E-state index contributed by atoms with van der Waals surface area (Å²) in [5, 5.41) is 22.2. The molecule has 0 aliphatic rings. The monoisotopic (exact) mass is 282 g/mol. The van der Waals surface area contributed by atoms with Crippen LogP contribution in [-0.4, -0.2) is 37.5 Å². The van der Waals surface area contributed by atoms with Gasteiger partial charge in [-0.15, -0.1) is 10.2 Å². The van der Waals surface area contributed by atoms with Crippen molar-refractivity contribution in [2.75, 3.05) is 0 Å². The number of aliphatic hydroxyl groups excluding tert-OH is 1. The molecule has 0 spiro atoms. The number of rotatable bonds is 5. The lowest BCUT2D eigenvalue weighted by Crippen LogP contribution is -2.31. The first-order chi connectivity index (χ1) is 9.04. The first-order valence-electron chi connectivity index (χ1n) is 5.88. The van der Waals surface area contributed by atoms with Crippen LogP contribution in [-0.2, 0) is 13.5 Å². The summed E-state index contributed by atoms with van der Waals surface area (Å²) in [6.07, 6.45) is -0.833. The minimum absolute atomic E-state index is 0.287. The Morgan fingerprint density at radius 1 is 1.47 bits per heavy atom. The zero-order chi connectivity index (χ0) is 13.8. The van der Waals surface area contributed by atoms with Crippen LogP contribution in [0.15, 0.2) is 24.3 Å². The van der Waals surface area contributed by atoms with Crippen molar-refractivity contribution in [3.05, 3.63) is 35.1 Å². The molecule has 2 rings (SSSR count). The fourth-order valence-corrected chi connectivity index (χ4v) is 1.77. The van der Waals surface area contributed by atoms with Gasteiger partial charge in [-0.05, 0) is 30.3 Å². The number of tetrazole rings is 1. The highest BCUT2D eigenvalue weighted by molar-refractivity contribution is 6.30. The molecule has 2 aromatic rings. The molecule has 0 aliphatic heterocycles. The van der Waals surface area contributed by atoms with Crippen LogP contribution >= 0.6 is 11.6 Å². The van der Waals surface area contributed by atoms with Gasteiger partial charge in [0.25, 0.3) is 0 Å². The van der Waals surface area contributed by atoms with Gasteiger partial charge < -0.3 is 9.84 Å². The van der Waals surface area contributed by atoms with Gasteiger partial charge in [-0.2, -0.15) is 4.80 Å². The lowest BCUT2D eigenvalue weighted by atomic mass is 10.1. The summed E-state index contributed by atoms with van der Waals surface area (Å²) < 4.78 is 5.62. The van der Waals surface area contributed by atoms with Crippen molar-refractivity contribution in [2.45, 2.75) is 25.6 Å². The van der Waals surface area contributed by atoms with Crippen molar-refractivity contribution in [1.82, 2.24) is 20.2 Å². The van der Waals surface area contributed by atoms with Gasteiger partial charge >= 0.3 is 0 Å². The highest BCUT2D eigenvalue weighted by Crippen LogP contribution is 2.19. The summed E-state index contributed by atoms with van der Waals surface area (Å²) in [6, 6.07) is 7.04. The summed E-state index contributed by atoms with van der Waals surface area (Å²) in [5.74, 6) is 1.10. The van der Waals surface area contributed by atoms with Gasteiger partial charge in [0.2, 0.25) is 0 Å². The first kappa shape index (κ1) is 13.8. The van der Waals surface area contributed by atoms with E-state index in [1.807, 2.05) is 0 Å². The number of hydrogen-bond acceptors (Lipinski definition) is 5. The van der Waals surface area contributed by atoms with Gasteiger partial charge in [-0.1, -0.05) is 17.7 Å². The van der Waals surface area contributed by atoms with E-state index in [1.165, 1.54) is 4.80 Å². The zero-order valence-electron chi connectivity index (χ0n) is 10.7. The van der Waals surface area contributed by atoms with Crippen LogP contribution in [0.5, 0.6) is 5.75 Å². The number of aromatic nitrogens is 4. The molecule has 1 N–H and O–H groups in total. The molecule has 0 saturated carbocycles. The summed E-state index contributed by atoms with van der Waals surface area (Å²) in [4.78, 5) is 1.35. The lowest BCUT2D eigenvalue weighted by Gasteiger charge is -2.19. The lowest BCUT2D eigenvalue weighted by molar-refractivity contribution is 0.0465. The molecule has 0 amide bonds. The Bertz CT molecular complexity index is 546. The Morgan fingerprint density at radius 3 is 2.89 bits per heavy atom. The molecule has 0 fully saturated rings. The quantitative estimate of drug-likeness (QED) is 0.893. The van der Waals surface area contributed by atoms with Crippen LogP contribution in [0.1, 0.15) is 12.7 Å². The van der Waals surface area contributed by atoms with E-state index < -0.39 is 12.2 Å². The standard InChI is InChI=1S/C12H15ClN4O2/c1-8(19-10-5-3-4-9(13)6-10)11(18)7-12-14-16-17(2)15-12/h3-6,8,11,18H,7H2,1-2H3. The Kier molecular flexibility index (Phi) is 4.34. The molecule has 2 unspecified atom stereocenters. The van der Waals surface area contributed by atoms with Crippen molar-refractivity contribution in [3.63, 3.8) is 0 Å². The maximum atomic E-state index is 10.0. The van der Waals surface area contributed by atoms with E-state index in [2.05, 4.69) is 15.4 Å². The van der Waals surface area contributed by atoms with Crippen LogP contribution < -0.4 is 4.74 Å². The van der Waals surface area contributed by atoms with Crippen molar-refractivity contribution in [1.29, 1.82) is 0 Å². The number of aryl methyl sites for hydroxylation is 1. The molecule has 1 aromatic heterocycles. The number of aliphatic hydroxyl groups is 1. The average molecular weight is 283 g/mol. The SMILES string of the molecule is CC(Oc1cccc(Cl)c1)C(O)Cc1nnn(C)n1. The summed E-state index contributed by atoms with van der Waals surface area (Å²) in [5.41, 5.74) is 0. The second kappa shape index (κ2) is 5.99. The van der Waals surface area contributed by atoms with Gasteiger partial charge in [0.05, 0.1) is 13.2 Å². The number of halogens is 1. The Balaban J connectivity index is 1.93. The maximum Gasteiger partial charge on any atom is 0.177 e. The fraction of sp³-hybridized carbons (Fsp3) is 0.417. The van der Waals surface area contributed by atoms with E-state index in [0.717, 1.165) is 0 Å². The van der Waals surface area contributed by atoms with Gasteiger partial charge in [-0.3, -0.25) is 0 Å². The maximum absolute atomic E-state index is 10.0. The number of ether oxygens (including phenoxy) is 1. The molecule has 0 radical (unpaired) electrons. The van der Waals surface area contributed by atoms with Crippen molar-refractivity contribution < 1.29 is 9.84 Å². The zero-order valence-corrected chi connectivity index (χ0v) is 11.4. The number of nitrogens with zero attached hydrogens (tertiary/aromatic N) is 4. The third-order valence-corrected chi connectivity index (χ3v) is 2.84. The Hall–Kier alpha value is -1.66. The predicted molar refractivity (Wildman–Crippen MR) is 70.1 cm³/mol.